The lowest BCUT2D eigenvalue weighted by Gasteiger charge is -2.20. The normalized spacial score (nSPS) is 44.5. The highest BCUT2D eigenvalue weighted by Gasteiger charge is 2.42. The third kappa shape index (κ3) is 0.664. The van der Waals surface area contributed by atoms with Gasteiger partial charge in [-0.3, -0.25) is 4.79 Å². The van der Waals surface area contributed by atoms with Crippen LogP contribution in [0.1, 0.15) is 26.2 Å². The summed E-state index contributed by atoms with van der Waals surface area (Å²) in [5.41, 5.74) is -0.0666. The Hall–Kier alpha value is -0.590. The summed E-state index contributed by atoms with van der Waals surface area (Å²) >= 11 is 0. The minimum Gasteiger partial charge on any atom is -0.299 e. The predicted octanol–water partition coefficient (Wildman–Crippen LogP) is 1.93. The average Bonchev–Trinajstić information content (AvgIpc) is 2.04. The summed E-state index contributed by atoms with van der Waals surface area (Å²) in [6.45, 7) is 2.06. The van der Waals surface area contributed by atoms with Crippen molar-refractivity contribution in [2.24, 2.45) is 11.3 Å². The first-order chi connectivity index (χ1) is 4.71. The minimum absolute atomic E-state index is 0.0666. The summed E-state index contributed by atoms with van der Waals surface area (Å²) in [5, 5.41) is 0. The van der Waals surface area contributed by atoms with Crippen LogP contribution in [0.4, 0.5) is 0 Å². The van der Waals surface area contributed by atoms with Crippen molar-refractivity contribution in [1.82, 2.24) is 0 Å². The highest BCUT2D eigenvalue weighted by atomic mass is 16.1. The molecule has 0 saturated heterocycles. The van der Waals surface area contributed by atoms with Gasteiger partial charge in [-0.05, 0) is 25.7 Å². The van der Waals surface area contributed by atoms with E-state index in [1.165, 1.54) is 0 Å². The van der Waals surface area contributed by atoms with Crippen molar-refractivity contribution in [3.8, 4) is 0 Å². The minimum atomic E-state index is -0.0666. The molecule has 0 N–H and O–H groups in total. The van der Waals surface area contributed by atoms with Crippen LogP contribution in [-0.2, 0) is 4.79 Å². The molecule has 2 atom stereocenters. The molecule has 2 bridgehead atoms. The molecule has 2 rings (SSSR count). The average molecular weight is 136 g/mol. The molecule has 0 unspecified atom stereocenters. The maximum absolute atomic E-state index is 11.3. The van der Waals surface area contributed by atoms with Crippen LogP contribution in [-0.4, -0.2) is 5.78 Å². The summed E-state index contributed by atoms with van der Waals surface area (Å²) in [5.74, 6) is 1.12. The molecular weight excluding hydrogens is 124 g/mol. The van der Waals surface area contributed by atoms with E-state index in [1.807, 2.05) is 0 Å². The van der Waals surface area contributed by atoms with E-state index in [-0.39, 0.29) is 5.41 Å². The topological polar surface area (TPSA) is 17.1 Å². The zero-order chi connectivity index (χ0) is 7.19. The summed E-state index contributed by atoms with van der Waals surface area (Å²) in [7, 11) is 0. The van der Waals surface area contributed by atoms with Crippen LogP contribution in [0.15, 0.2) is 12.2 Å². The lowest BCUT2D eigenvalue weighted by atomic mass is 9.82. The number of Topliss-reactive ketones (excluding diaryl/α,β-unsaturated/α-hetero) is 1. The van der Waals surface area contributed by atoms with E-state index in [0.717, 1.165) is 19.3 Å². The maximum atomic E-state index is 11.3. The number of carbonyl (C=O) groups is 1. The van der Waals surface area contributed by atoms with E-state index in [9.17, 15) is 4.79 Å². The second-order valence-electron chi connectivity index (χ2n) is 3.75. The fraction of sp³-hybridized carbons (Fsp3) is 0.667. The zero-order valence-electron chi connectivity index (χ0n) is 6.26. The largest absolute Gasteiger partial charge is 0.299 e. The molecule has 2 aliphatic rings. The molecule has 54 valence electrons. The number of fused-ring (bicyclic) bond motifs is 2. The van der Waals surface area contributed by atoms with Crippen molar-refractivity contribution < 1.29 is 4.79 Å². The number of hydrogen-bond acceptors (Lipinski definition) is 1. The van der Waals surface area contributed by atoms with Crippen LogP contribution in [0.25, 0.3) is 0 Å². The molecule has 0 heterocycles. The molecule has 0 radical (unpaired) electrons. The molecule has 0 aromatic rings. The van der Waals surface area contributed by atoms with Gasteiger partial charge in [-0.25, -0.2) is 0 Å². The number of rotatable bonds is 0. The Bertz CT molecular complexity index is 205. The van der Waals surface area contributed by atoms with E-state index in [2.05, 4.69) is 19.1 Å². The van der Waals surface area contributed by atoms with Crippen LogP contribution in [0.3, 0.4) is 0 Å². The Labute approximate surface area is 61.1 Å². The van der Waals surface area contributed by atoms with Gasteiger partial charge in [0.1, 0.15) is 5.78 Å². The summed E-state index contributed by atoms with van der Waals surface area (Å²) in [6, 6.07) is 0. The monoisotopic (exact) mass is 136 g/mol. The molecule has 10 heavy (non-hydrogen) atoms. The lowest BCUT2D eigenvalue weighted by Crippen LogP contribution is -2.19. The number of hydrogen-bond donors (Lipinski definition) is 0. The van der Waals surface area contributed by atoms with Crippen molar-refractivity contribution >= 4 is 5.78 Å². The predicted molar refractivity (Wildman–Crippen MR) is 39.6 cm³/mol. The van der Waals surface area contributed by atoms with E-state index in [0.29, 0.717) is 11.7 Å². The van der Waals surface area contributed by atoms with Gasteiger partial charge in [0.2, 0.25) is 0 Å². The van der Waals surface area contributed by atoms with Gasteiger partial charge >= 0.3 is 0 Å². The van der Waals surface area contributed by atoms with Crippen LogP contribution in [0.5, 0.6) is 0 Å². The van der Waals surface area contributed by atoms with E-state index >= 15 is 0 Å². The van der Waals surface area contributed by atoms with Gasteiger partial charge in [-0.15, -0.1) is 0 Å². The van der Waals surface area contributed by atoms with Crippen LogP contribution >= 0.6 is 0 Å². The Morgan fingerprint density at radius 2 is 2.50 bits per heavy atom. The van der Waals surface area contributed by atoms with Crippen molar-refractivity contribution in [3.05, 3.63) is 12.2 Å². The summed E-state index contributed by atoms with van der Waals surface area (Å²) in [6.07, 6.45) is 7.31. The Balaban J connectivity index is 2.39. The molecule has 2 aliphatic carbocycles. The fourth-order valence-corrected chi connectivity index (χ4v) is 2.13. The molecule has 1 fully saturated rings. The third-order valence-corrected chi connectivity index (χ3v) is 2.78. The molecule has 1 heteroatoms. The van der Waals surface area contributed by atoms with Gasteiger partial charge in [-0.1, -0.05) is 12.2 Å². The maximum Gasteiger partial charge on any atom is 0.142 e. The van der Waals surface area contributed by atoms with Crippen LogP contribution in [0.2, 0.25) is 0 Å². The van der Waals surface area contributed by atoms with Gasteiger partial charge in [0.25, 0.3) is 0 Å². The van der Waals surface area contributed by atoms with Gasteiger partial charge < -0.3 is 0 Å². The van der Waals surface area contributed by atoms with Gasteiger partial charge in [0.05, 0.1) is 0 Å². The highest BCUT2D eigenvalue weighted by Crippen LogP contribution is 2.44. The molecule has 0 amide bonds. The van der Waals surface area contributed by atoms with Gasteiger partial charge in [0, 0.05) is 11.8 Å². The first-order valence-electron chi connectivity index (χ1n) is 3.92. The molecular formula is C9H12O. The zero-order valence-corrected chi connectivity index (χ0v) is 6.26. The first-order valence-corrected chi connectivity index (χ1v) is 3.92. The van der Waals surface area contributed by atoms with E-state index in [1.54, 1.807) is 0 Å². The SMILES string of the molecule is C[C@@]12C=CC[C@@H](CC1=O)C2. The Morgan fingerprint density at radius 1 is 1.70 bits per heavy atom. The van der Waals surface area contributed by atoms with E-state index in [4.69, 9.17) is 0 Å². The smallest absolute Gasteiger partial charge is 0.142 e. The summed E-state index contributed by atoms with van der Waals surface area (Å²) < 4.78 is 0. The fourth-order valence-electron chi connectivity index (χ4n) is 2.13. The van der Waals surface area contributed by atoms with Gasteiger partial charge in [-0.2, -0.15) is 0 Å². The molecule has 1 nitrogen and oxygen atoms in total. The second kappa shape index (κ2) is 1.71. The third-order valence-electron chi connectivity index (χ3n) is 2.78. The molecule has 0 aliphatic heterocycles. The van der Waals surface area contributed by atoms with Gasteiger partial charge in [0.15, 0.2) is 0 Å². The molecule has 1 saturated carbocycles. The van der Waals surface area contributed by atoms with Crippen LogP contribution in [0, 0.1) is 11.3 Å². The van der Waals surface area contributed by atoms with Crippen molar-refractivity contribution in [3.63, 3.8) is 0 Å². The van der Waals surface area contributed by atoms with Crippen molar-refractivity contribution in [2.75, 3.05) is 0 Å². The number of allylic oxidation sites excluding steroid dienone is 2. The second-order valence-corrected chi connectivity index (χ2v) is 3.75. The van der Waals surface area contributed by atoms with Crippen molar-refractivity contribution in [1.29, 1.82) is 0 Å². The quantitative estimate of drug-likeness (QED) is 0.465. The standard InChI is InChI=1S/C9H12O/c1-9-4-2-3-7(6-9)5-8(9)10/h2,4,7H,3,5-6H2,1H3/t7-,9-/m0/s1. The lowest BCUT2D eigenvalue weighted by molar-refractivity contribution is -0.123. The summed E-state index contributed by atoms with van der Waals surface area (Å²) in [4.78, 5) is 11.3. The Morgan fingerprint density at radius 3 is 3.10 bits per heavy atom. The first kappa shape index (κ1) is 6.14. The molecule has 0 aromatic carbocycles. The van der Waals surface area contributed by atoms with Crippen molar-refractivity contribution in [2.45, 2.75) is 26.2 Å². The highest BCUT2D eigenvalue weighted by molar-refractivity contribution is 5.89. The number of ketones is 1. The Kier molecular flexibility index (Phi) is 1.05. The molecule has 0 spiro atoms. The number of carbonyl (C=O) groups excluding carboxylic acids is 1. The van der Waals surface area contributed by atoms with E-state index < -0.39 is 0 Å². The van der Waals surface area contributed by atoms with Crippen LogP contribution < -0.4 is 0 Å². The molecule has 0 aromatic heterocycles.